The van der Waals surface area contributed by atoms with E-state index in [0.29, 0.717) is 11.8 Å². The summed E-state index contributed by atoms with van der Waals surface area (Å²) >= 11 is 0. The van der Waals surface area contributed by atoms with E-state index in [1.165, 1.54) is 11.3 Å². The molecule has 6 heteroatoms. The first-order valence-corrected chi connectivity index (χ1v) is 9.67. The van der Waals surface area contributed by atoms with Crippen LogP contribution in [0.3, 0.4) is 0 Å². The third-order valence-corrected chi connectivity index (χ3v) is 5.34. The molecular weight excluding hydrogens is 352 g/mol. The number of hydrogen-bond acceptors (Lipinski definition) is 6. The fourth-order valence-corrected chi connectivity index (χ4v) is 3.63. The minimum Gasteiger partial charge on any atom is -0.497 e. The van der Waals surface area contributed by atoms with Crippen LogP contribution in [-0.4, -0.2) is 48.4 Å². The molecule has 0 spiro atoms. The van der Waals surface area contributed by atoms with Gasteiger partial charge in [-0.3, -0.25) is 4.90 Å². The number of methoxy groups -OCH3 is 1. The fraction of sp³-hybridized carbons (Fsp3) is 0.364. The topological polar surface area (TPSA) is 54.6 Å². The molecule has 1 aliphatic rings. The number of benzene rings is 2. The molecule has 1 atom stereocenters. The Morgan fingerprint density at radius 2 is 1.79 bits per heavy atom. The summed E-state index contributed by atoms with van der Waals surface area (Å²) in [4.78, 5) is 4.78. The third kappa shape index (κ3) is 3.87. The Morgan fingerprint density at radius 1 is 1.00 bits per heavy atom. The minimum absolute atomic E-state index is 0.0959. The second-order valence-corrected chi connectivity index (χ2v) is 7.22. The molecule has 1 aromatic heterocycles. The molecule has 0 radical (unpaired) electrons. The third-order valence-electron chi connectivity index (χ3n) is 5.34. The van der Waals surface area contributed by atoms with Gasteiger partial charge in [0.25, 0.3) is 0 Å². The number of nitrogens with zero attached hydrogens (tertiary/aromatic N) is 4. The SMILES string of the molecule is COc1cccc(N2CCN([C@H](C)c3nnc(-c4cccc(C)c4)o3)CC2)c1. The van der Waals surface area contributed by atoms with Gasteiger partial charge in [-0.2, -0.15) is 0 Å². The summed E-state index contributed by atoms with van der Waals surface area (Å²) in [5.41, 5.74) is 3.35. The molecule has 6 nitrogen and oxygen atoms in total. The van der Waals surface area contributed by atoms with Gasteiger partial charge in [0.1, 0.15) is 5.75 Å². The van der Waals surface area contributed by atoms with Gasteiger partial charge in [-0.1, -0.05) is 23.8 Å². The Kier molecular flexibility index (Phi) is 5.30. The zero-order valence-electron chi connectivity index (χ0n) is 16.6. The molecule has 1 saturated heterocycles. The first-order chi connectivity index (χ1) is 13.6. The van der Waals surface area contributed by atoms with Gasteiger partial charge in [-0.25, -0.2) is 0 Å². The largest absolute Gasteiger partial charge is 0.497 e. The van der Waals surface area contributed by atoms with Gasteiger partial charge < -0.3 is 14.1 Å². The Bertz CT molecular complexity index is 932. The molecule has 4 rings (SSSR count). The molecule has 1 fully saturated rings. The predicted octanol–water partition coefficient (Wildman–Crippen LogP) is 3.94. The number of aromatic nitrogens is 2. The van der Waals surface area contributed by atoms with Crippen LogP contribution in [-0.2, 0) is 0 Å². The van der Waals surface area contributed by atoms with E-state index >= 15 is 0 Å². The maximum Gasteiger partial charge on any atom is 0.247 e. The first-order valence-electron chi connectivity index (χ1n) is 9.67. The number of hydrogen-bond donors (Lipinski definition) is 0. The first kappa shape index (κ1) is 18.5. The molecule has 2 heterocycles. The van der Waals surface area contributed by atoms with Crippen LogP contribution in [0.15, 0.2) is 52.9 Å². The second-order valence-electron chi connectivity index (χ2n) is 7.22. The Morgan fingerprint density at radius 3 is 2.54 bits per heavy atom. The van der Waals surface area contributed by atoms with Crippen molar-refractivity contribution in [2.75, 3.05) is 38.2 Å². The van der Waals surface area contributed by atoms with Crippen molar-refractivity contribution in [3.05, 3.63) is 60.0 Å². The number of piperazine rings is 1. The van der Waals surface area contributed by atoms with E-state index in [1.807, 2.05) is 24.3 Å². The van der Waals surface area contributed by atoms with Gasteiger partial charge in [-0.05, 0) is 38.1 Å². The van der Waals surface area contributed by atoms with Gasteiger partial charge in [0.15, 0.2) is 0 Å². The van der Waals surface area contributed by atoms with Crippen molar-refractivity contribution in [2.24, 2.45) is 0 Å². The summed E-state index contributed by atoms with van der Waals surface area (Å²) in [6.45, 7) is 7.99. The van der Waals surface area contributed by atoms with Crippen molar-refractivity contribution >= 4 is 5.69 Å². The molecule has 0 saturated carbocycles. The average molecular weight is 378 g/mol. The van der Waals surface area contributed by atoms with Crippen molar-refractivity contribution < 1.29 is 9.15 Å². The van der Waals surface area contributed by atoms with Crippen molar-refractivity contribution in [2.45, 2.75) is 19.9 Å². The van der Waals surface area contributed by atoms with E-state index in [4.69, 9.17) is 9.15 Å². The summed E-state index contributed by atoms with van der Waals surface area (Å²) in [5.74, 6) is 2.15. The molecule has 146 valence electrons. The van der Waals surface area contributed by atoms with Crippen molar-refractivity contribution in [3.63, 3.8) is 0 Å². The molecule has 0 aliphatic carbocycles. The van der Waals surface area contributed by atoms with E-state index in [2.05, 4.69) is 58.1 Å². The van der Waals surface area contributed by atoms with E-state index in [0.717, 1.165) is 37.5 Å². The highest BCUT2D eigenvalue weighted by atomic mass is 16.5. The van der Waals surface area contributed by atoms with Crippen LogP contribution in [0.2, 0.25) is 0 Å². The number of rotatable bonds is 5. The summed E-state index contributed by atoms with van der Waals surface area (Å²) in [7, 11) is 1.70. The molecule has 1 aliphatic heterocycles. The molecule has 0 amide bonds. The number of ether oxygens (including phenoxy) is 1. The second kappa shape index (κ2) is 8.02. The highest BCUT2D eigenvalue weighted by Gasteiger charge is 2.26. The van der Waals surface area contributed by atoms with Gasteiger partial charge in [0, 0.05) is 43.5 Å². The van der Waals surface area contributed by atoms with Crippen LogP contribution in [0.4, 0.5) is 5.69 Å². The van der Waals surface area contributed by atoms with Crippen LogP contribution in [0, 0.1) is 6.92 Å². The van der Waals surface area contributed by atoms with Crippen molar-refractivity contribution in [3.8, 4) is 17.2 Å². The summed E-state index contributed by atoms with van der Waals surface area (Å²) in [6, 6.07) is 16.5. The van der Waals surface area contributed by atoms with Gasteiger partial charge in [0.05, 0.1) is 13.2 Å². The van der Waals surface area contributed by atoms with E-state index in [9.17, 15) is 0 Å². The minimum atomic E-state index is 0.0959. The smallest absolute Gasteiger partial charge is 0.247 e. The van der Waals surface area contributed by atoms with Crippen LogP contribution in [0.25, 0.3) is 11.5 Å². The van der Waals surface area contributed by atoms with Crippen LogP contribution in [0.5, 0.6) is 5.75 Å². The van der Waals surface area contributed by atoms with Crippen molar-refractivity contribution in [1.82, 2.24) is 15.1 Å². The van der Waals surface area contributed by atoms with Crippen LogP contribution in [0.1, 0.15) is 24.4 Å². The zero-order chi connectivity index (χ0) is 19.5. The molecule has 0 unspecified atom stereocenters. The van der Waals surface area contributed by atoms with Gasteiger partial charge >= 0.3 is 0 Å². The highest BCUT2D eigenvalue weighted by Crippen LogP contribution is 2.27. The Balaban J connectivity index is 1.41. The molecule has 0 bridgehead atoms. The Labute approximate surface area is 165 Å². The lowest BCUT2D eigenvalue weighted by Crippen LogP contribution is -2.47. The highest BCUT2D eigenvalue weighted by molar-refractivity contribution is 5.53. The maximum atomic E-state index is 5.99. The van der Waals surface area contributed by atoms with E-state index in [1.54, 1.807) is 7.11 Å². The monoisotopic (exact) mass is 378 g/mol. The van der Waals surface area contributed by atoms with Gasteiger partial charge in [-0.15, -0.1) is 10.2 Å². The van der Waals surface area contributed by atoms with E-state index in [-0.39, 0.29) is 6.04 Å². The standard InChI is InChI=1S/C22H26N4O2/c1-16-6-4-7-18(14-16)22-24-23-21(28-22)17(2)25-10-12-26(13-11-25)19-8-5-9-20(15-19)27-3/h4-9,14-15,17H,10-13H2,1-3H3/t17-/m1/s1. The summed E-state index contributed by atoms with van der Waals surface area (Å²) < 4.78 is 11.3. The number of anilines is 1. The summed E-state index contributed by atoms with van der Waals surface area (Å²) in [6.07, 6.45) is 0. The van der Waals surface area contributed by atoms with Gasteiger partial charge in [0.2, 0.25) is 11.8 Å². The lowest BCUT2D eigenvalue weighted by atomic mass is 10.1. The zero-order valence-corrected chi connectivity index (χ0v) is 16.6. The van der Waals surface area contributed by atoms with Crippen LogP contribution >= 0.6 is 0 Å². The summed E-state index contributed by atoms with van der Waals surface area (Å²) in [5, 5.41) is 8.57. The average Bonchev–Trinajstić information content (AvgIpc) is 3.24. The number of aryl methyl sites for hydroxylation is 1. The Hall–Kier alpha value is -2.86. The lowest BCUT2D eigenvalue weighted by molar-refractivity contribution is 0.173. The fourth-order valence-electron chi connectivity index (χ4n) is 3.63. The lowest BCUT2D eigenvalue weighted by Gasteiger charge is -2.38. The predicted molar refractivity (Wildman–Crippen MR) is 110 cm³/mol. The normalized spacial score (nSPS) is 16.2. The molecule has 0 N–H and O–H groups in total. The molecular formula is C22H26N4O2. The molecule has 3 aromatic rings. The van der Waals surface area contributed by atoms with Crippen LogP contribution < -0.4 is 9.64 Å². The van der Waals surface area contributed by atoms with Crippen molar-refractivity contribution in [1.29, 1.82) is 0 Å². The molecule has 28 heavy (non-hydrogen) atoms. The quantitative estimate of drug-likeness (QED) is 0.670. The van der Waals surface area contributed by atoms with E-state index < -0.39 is 0 Å². The maximum absolute atomic E-state index is 5.99. The molecule has 2 aromatic carbocycles.